The molecule has 15 heavy (non-hydrogen) atoms. The van der Waals surface area contributed by atoms with Crippen LogP contribution in [0.3, 0.4) is 0 Å². The molecule has 0 aliphatic heterocycles. The van der Waals surface area contributed by atoms with E-state index in [1.807, 2.05) is 6.07 Å². The smallest absolute Gasteiger partial charge is 0.183 e. The normalized spacial score (nSPS) is 19.7. The number of hydrogen-bond acceptors (Lipinski definition) is 2. The van der Waals surface area contributed by atoms with Gasteiger partial charge in [0.15, 0.2) is 4.67 Å². The summed E-state index contributed by atoms with van der Waals surface area (Å²) in [4.78, 5) is 0. The van der Waals surface area contributed by atoms with Gasteiger partial charge in [0.1, 0.15) is 5.76 Å². The van der Waals surface area contributed by atoms with E-state index in [4.69, 9.17) is 4.42 Å². The molecule has 0 bridgehead atoms. The number of furan rings is 1. The van der Waals surface area contributed by atoms with Crippen LogP contribution in [0, 0.1) is 0 Å². The van der Waals surface area contributed by atoms with Gasteiger partial charge in [0.2, 0.25) is 0 Å². The van der Waals surface area contributed by atoms with Gasteiger partial charge in [-0.1, -0.05) is 12.8 Å². The molecule has 1 aromatic heterocycles. The van der Waals surface area contributed by atoms with E-state index in [9.17, 15) is 0 Å². The van der Waals surface area contributed by atoms with Crippen LogP contribution in [0.5, 0.6) is 0 Å². The summed E-state index contributed by atoms with van der Waals surface area (Å²) in [6.45, 7) is 3.10. The standard InChI is InChI=1S/C11H15Br2NO/c1-11(4-2-3-5-11)14-7-8-6-9(12)10(13)15-8/h6,14H,2-5,7H2,1H3. The zero-order chi connectivity index (χ0) is 10.9. The van der Waals surface area contributed by atoms with Crippen molar-refractivity contribution in [2.75, 3.05) is 0 Å². The third-order valence-corrected chi connectivity index (χ3v) is 4.80. The molecule has 0 amide bonds. The van der Waals surface area contributed by atoms with Gasteiger partial charge in [0.25, 0.3) is 0 Å². The molecule has 0 radical (unpaired) electrons. The lowest BCUT2D eigenvalue weighted by atomic mass is 10.0. The second kappa shape index (κ2) is 4.60. The minimum absolute atomic E-state index is 0.311. The third kappa shape index (κ3) is 2.86. The van der Waals surface area contributed by atoms with Gasteiger partial charge in [-0.3, -0.25) is 0 Å². The van der Waals surface area contributed by atoms with Crippen molar-refractivity contribution in [1.82, 2.24) is 5.32 Å². The third-order valence-electron chi connectivity index (χ3n) is 3.09. The number of nitrogens with one attached hydrogen (secondary N) is 1. The van der Waals surface area contributed by atoms with Crippen molar-refractivity contribution in [2.24, 2.45) is 0 Å². The van der Waals surface area contributed by atoms with Crippen molar-refractivity contribution in [3.63, 3.8) is 0 Å². The van der Waals surface area contributed by atoms with Crippen molar-refractivity contribution in [3.05, 3.63) is 21.0 Å². The number of hydrogen-bond donors (Lipinski definition) is 1. The van der Waals surface area contributed by atoms with Crippen LogP contribution in [-0.2, 0) is 6.54 Å². The van der Waals surface area contributed by atoms with Crippen molar-refractivity contribution in [2.45, 2.75) is 44.7 Å². The van der Waals surface area contributed by atoms with Gasteiger partial charge in [-0.05, 0) is 57.7 Å². The summed E-state index contributed by atoms with van der Waals surface area (Å²) in [5.41, 5.74) is 0.311. The van der Waals surface area contributed by atoms with Crippen molar-refractivity contribution >= 4 is 31.9 Å². The quantitative estimate of drug-likeness (QED) is 0.893. The molecular weight excluding hydrogens is 322 g/mol. The van der Waals surface area contributed by atoms with E-state index in [0.717, 1.165) is 21.4 Å². The Labute approximate surface area is 107 Å². The predicted molar refractivity (Wildman–Crippen MR) is 67.8 cm³/mol. The summed E-state index contributed by atoms with van der Waals surface area (Å²) in [5.74, 6) is 0.974. The molecule has 1 aromatic rings. The Morgan fingerprint density at radius 3 is 2.60 bits per heavy atom. The Kier molecular flexibility index (Phi) is 3.58. The molecule has 1 aliphatic carbocycles. The molecule has 0 atom stereocenters. The summed E-state index contributed by atoms with van der Waals surface area (Å²) < 4.78 is 7.28. The molecule has 1 fully saturated rings. The number of rotatable bonds is 3. The topological polar surface area (TPSA) is 25.2 Å². The van der Waals surface area contributed by atoms with E-state index in [1.54, 1.807) is 0 Å². The Morgan fingerprint density at radius 1 is 1.40 bits per heavy atom. The lowest BCUT2D eigenvalue weighted by molar-refractivity contribution is 0.339. The first kappa shape index (κ1) is 11.7. The Bertz CT molecular complexity index is 323. The maximum absolute atomic E-state index is 5.53. The molecular formula is C11H15Br2NO. The van der Waals surface area contributed by atoms with E-state index in [2.05, 4.69) is 44.1 Å². The molecule has 0 saturated heterocycles. The molecule has 1 heterocycles. The summed E-state index contributed by atoms with van der Waals surface area (Å²) in [5, 5.41) is 3.58. The molecule has 0 unspecified atom stereocenters. The van der Waals surface area contributed by atoms with Gasteiger partial charge < -0.3 is 9.73 Å². The second-order valence-electron chi connectivity index (χ2n) is 4.46. The van der Waals surface area contributed by atoms with Crippen LogP contribution in [0.2, 0.25) is 0 Å². The molecule has 2 nitrogen and oxygen atoms in total. The van der Waals surface area contributed by atoms with Crippen LogP contribution < -0.4 is 5.32 Å². The minimum Gasteiger partial charge on any atom is -0.452 e. The second-order valence-corrected chi connectivity index (χ2v) is 6.03. The SMILES string of the molecule is CC1(NCc2cc(Br)c(Br)o2)CCCC1. The first-order chi connectivity index (χ1) is 7.09. The highest BCUT2D eigenvalue weighted by atomic mass is 79.9. The fourth-order valence-corrected chi connectivity index (χ4v) is 2.77. The van der Waals surface area contributed by atoms with E-state index >= 15 is 0 Å². The van der Waals surface area contributed by atoms with E-state index < -0.39 is 0 Å². The average Bonchev–Trinajstić information content (AvgIpc) is 2.73. The Balaban J connectivity index is 1.92. The fraction of sp³-hybridized carbons (Fsp3) is 0.636. The van der Waals surface area contributed by atoms with Crippen molar-refractivity contribution in [1.29, 1.82) is 0 Å². The lowest BCUT2D eigenvalue weighted by Crippen LogP contribution is -2.38. The van der Waals surface area contributed by atoms with Gasteiger partial charge in [0.05, 0.1) is 11.0 Å². The highest BCUT2D eigenvalue weighted by Crippen LogP contribution is 2.30. The molecule has 84 valence electrons. The van der Waals surface area contributed by atoms with E-state index in [1.165, 1.54) is 25.7 Å². The van der Waals surface area contributed by atoms with Crippen LogP contribution in [-0.4, -0.2) is 5.54 Å². The Hall–Kier alpha value is 0.200. The largest absolute Gasteiger partial charge is 0.452 e. The van der Waals surface area contributed by atoms with Gasteiger partial charge in [-0.15, -0.1) is 0 Å². The molecule has 1 aliphatic rings. The zero-order valence-electron chi connectivity index (χ0n) is 8.78. The molecule has 2 rings (SSSR count). The van der Waals surface area contributed by atoms with Crippen LogP contribution in [0.25, 0.3) is 0 Å². The maximum atomic E-state index is 5.53. The van der Waals surface area contributed by atoms with Crippen LogP contribution in [0.15, 0.2) is 19.6 Å². The lowest BCUT2D eigenvalue weighted by Gasteiger charge is -2.24. The predicted octanol–water partition coefficient (Wildman–Crippen LogP) is 4.23. The van der Waals surface area contributed by atoms with Gasteiger partial charge >= 0.3 is 0 Å². The Morgan fingerprint density at radius 2 is 2.07 bits per heavy atom. The highest BCUT2D eigenvalue weighted by molar-refractivity contribution is 9.13. The summed E-state index contributed by atoms with van der Waals surface area (Å²) >= 11 is 6.76. The van der Waals surface area contributed by atoms with E-state index in [-0.39, 0.29) is 0 Å². The highest BCUT2D eigenvalue weighted by Gasteiger charge is 2.27. The molecule has 0 aromatic carbocycles. The molecule has 0 spiro atoms. The first-order valence-corrected chi connectivity index (χ1v) is 6.86. The average molecular weight is 337 g/mol. The summed E-state index contributed by atoms with van der Waals surface area (Å²) in [6, 6.07) is 2.01. The molecule has 4 heteroatoms. The zero-order valence-corrected chi connectivity index (χ0v) is 11.9. The van der Waals surface area contributed by atoms with Crippen LogP contribution in [0.4, 0.5) is 0 Å². The fourth-order valence-electron chi connectivity index (χ4n) is 2.11. The minimum atomic E-state index is 0.311. The van der Waals surface area contributed by atoms with Crippen molar-refractivity contribution < 1.29 is 4.42 Å². The van der Waals surface area contributed by atoms with Gasteiger partial charge in [0, 0.05) is 5.54 Å². The summed E-state index contributed by atoms with van der Waals surface area (Å²) in [7, 11) is 0. The monoisotopic (exact) mass is 335 g/mol. The molecule has 1 saturated carbocycles. The maximum Gasteiger partial charge on any atom is 0.183 e. The first-order valence-electron chi connectivity index (χ1n) is 5.28. The molecule has 1 N–H and O–H groups in total. The number of halogens is 2. The van der Waals surface area contributed by atoms with E-state index in [0.29, 0.717) is 5.54 Å². The van der Waals surface area contributed by atoms with Gasteiger partial charge in [-0.2, -0.15) is 0 Å². The van der Waals surface area contributed by atoms with Crippen LogP contribution >= 0.6 is 31.9 Å². The van der Waals surface area contributed by atoms with Crippen LogP contribution in [0.1, 0.15) is 38.4 Å². The van der Waals surface area contributed by atoms with Crippen molar-refractivity contribution in [3.8, 4) is 0 Å². The van der Waals surface area contributed by atoms with Gasteiger partial charge in [-0.25, -0.2) is 0 Å². The summed E-state index contributed by atoms with van der Waals surface area (Å²) in [6.07, 6.45) is 5.23.